The summed E-state index contributed by atoms with van der Waals surface area (Å²) in [5.41, 5.74) is 0. The first kappa shape index (κ1) is 17.6. The Labute approximate surface area is 153 Å². The monoisotopic (exact) mass is 378 g/mol. The van der Waals surface area contributed by atoms with Gasteiger partial charge in [-0.15, -0.1) is 20.4 Å². The van der Waals surface area contributed by atoms with Crippen molar-refractivity contribution >= 4 is 34.1 Å². The van der Waals surface area contributed by atoms with Gasteiger partial charge in [-0.25, -0.2) is 0 Å². The second kappa shape index (κ2) is 7.79. The molecule has 1 N–H and O–H groups in total. The lowest BCUT2D eigenvalue weighted by molar-refractivity contribution is -0.113. The summed E-state index contributed by atoms with van der Waals surface area (Å²) in [6.45, 7) is 6.81. The van der Waals surface area contributed by atoms with Crippen LogP contribution in [0.5, 0.6) is 0 Å². The number of rotatable bonds is 7. The van der Waals surface area contributed by atoms with Gasteiger partial charge in [0.1, 0.15) is 5.01 Å². The molecule has 132 valence electrons. The number of amides is 1. The van der Waals surface area contributed by atoms with E-state index in [2.05, 4.69) is 39.6 Å². The highest BCUT2D eigenvalue weighted by molar-refractivity contribution is 7.99. The molecule has 0 aliphatic rings. The van der Waals surface area contributed by atoms with Crippen molar-refractivity contribution in [2.75, 3.05) is 11.1 Å². The molecule has 3 aromatic heterocycles. The molecule has 0 aliphatic heterocycles. The molecule has 1 amide bonds. The SMILES string of the molecule is Cc1nnc(NC(=O)CSc2nnc(-c3ccco3)n2CC(C)C)s1. The third-order valence-corrected chi connectivity index (χ3v) is 4.83. The van der Waals surface area contributed by atoms with Crippen LogP contribution in [-0.2, 0) is 11.3 Å². The number of anilines is 1. The van der Waals surface area contributed by atoms with Crippen molar-refractivity contribution in [3.63, 3.8) is 0 Å². The minimum atomic E-state index is -0.153. The Kier molecular flexibility index (Phi) is 5.49. The first-order valence-electron chi connectivity index (χ1n) is 7.72. The molecule has 0 unspecified atom stereocenters. The van der Waals surface area contributed by atoms with Crippen molar-refractivity contribution in [2.45, 2.75) is 32.5 Å². The summed E-state index contributed by atoms with van der Waals surface area (Å²) < 4.78 is 7.42. The molecule has 0 radical (unpaired) electrons. The van der Waals surface area contributed by atoms with E-state index in [1.165, 1.54) is 23.1 Å². The maximum absolute atomic E-state index is 12.1. The molecule has 3 rings (SSSR count). The highest BCUT2D eigenvalue weighted by Gasteiger charge is 2.18. The molecule has 0 saturated heterocycles. The van der Waals surface area contributed by atoms with Crippen LogP contribution < -0.4 is 5.32 Å². The lowest BCUT2D eigenvalue weighted by Gasteiger charge is -2.11. The van der Waals surface area contributed by atoms with Crippen LogP contribution in [0.15, 0.2) is 28.0 Å². The first-order valence-corrected chi connectivity index (χ1v) is 9.53. The summed E-state index contributed by atoms with van der Waals surface area (Å²) in [6, 6.07) is 3.66. The van der Waals surface area contributed by atoms with Gasteiger partial charge in [0, 0.05) is 6.54 Å². The van der Waals surface area contributed by atoms with Crippen LogP contribution in [0, 0.1) is 12.8 Å². The molecule has 0 spiro atoms. The molecule has 8 nitrogen and oxygen atoms in total. The Morgan fingerprint density at radius 3 is 2.84 bits per heavy atom. The number of aromatic nitrogens is 5. The fraction of sp³-hybridized carbons (Fsp3) is 0.400. The average Bonchev–Trinajstić information content (AvgIpc) is 3.27. The van der Waals surface area contributed by atoms with Crippen molar-refractivity contribution in [1.29, 1.82) is 0 Å². The van der Waals surface area contributed by atoms with Gasteiger partial charge in [-0.05, 0) is 25.0 Å². The number of nitrogens with one attached hydrogen (secondary N) is 1. The van der Waals surface area contributed by atoms with E-state index in [0.717, 1.165) is 11.6 Å². The number of aryl methyl sites for hydroxylation is 1. The fourth-order valence-corrected chi connectivity index (χ4v) is 3.50. The number of hydrogen-bond acceptors (Lipinski definition) is 8. The topological polar surface area (TPSA) is 98.7 Å². The standard InChI is InChI=1S/C15H18N6O2S2/c1-9(2)7-21-13(11-5-4-6-23-11)18-20-15(21)24-8-12(22)16-14-19-17-10(3)25-14/h4-6,9H,7-8H2,1-3H3,(H,16,19,22). The van der Waals surface area contributed by atoms with Gasteiger partial charge in [-0.1, -0.05) is 36.9 Å². The van der Waals surface area contributed by atoms with Crippen LogP contribution in [0.25, 0.3) is 11.6 Å². The van der Waals surface area contributed by atoms with E-state index in [9.17, 15) is 4.79 Å². The minimum Gasteiger partial charge on any atom is -0.461 e. The molecule has 0 aliphatic carbocycles. The summed E-state index contributed by atoms with van der Waals surface area (Å²) in [4.78, 5) is 12.1. The van der Waals surface area contributed by atoms with Gasteiger partial charge in [-0.3, -0.25) is 14.7 Å². The summed E-state index contributed by atoms with van der Waals surface area (Å²) in [6.07, 6.45) is 1.61. The van der Waals surface area contributed by atoms with Crippen LogP contribution in [-0.4, -0.2) is 36.6 Å². The van der Waals surface area contributed by atoms with Crippen LogP contribution in [0.3, 0.4) is 0 Å². The van der Waals surface area contributed by atoms with E-state index in [1.807, 2.05) is 23.6 Å². The number of nitrogens with zero attached hydrogens (tertiary/aromatic N) is 5. The Hall–Kier alpha value is -2.20. The van der Waals surface area contributed by atoms with Crippen molar-refractivity contribution in [3.8, 4) is 11.6 Å². The van der Waals surface area contributed by atoms with Gasteiger partial charge >= 0.3 is 0 Å². The zero-order chi connectivity index (χ0) is 17.8. The number of hydrogen-bond donors (Lipinski definition) is 1. The molecule has 3 aromatic rings. The largest absolute Gasteiger partial charge is 0.461 e. The van der Waals surface area contributed by atoms with Crippen LogP contribution in [0.1, 0.15) is 18.9 Å². The van der Waals surface area contributed by atoms with E-state index in [1.54, 1.807) is 6.26 Å². The summed E-state index contributed by atoms with van der Waals surface area (Å²) in [5.74, 6) is 1.80. The predicted molar refractivity (Wildman–Crippen MR) is 96.6 cm³/mol. The lowest BCUT2D eigenvalue weighted by atomic mass is 10.2. The molecule has 0 aromatic carbocycles. The van der Waals surface area contributed by atoms with Gasteiger partial charge in [0.2, 0.25) is 11.0 Å². The Bertz CT molecular complexity index is 840. The Balaban J connectivity index is 1.70. The molecular formula is C15H18N6O2S2. The molecule has 25 heavy (non-hydrogen) atoms. The van der Waals surface area contributed by atoms with E-state index in [4.69, 9.17) is 4.42 Å². The Morgan fingerprint density at radius 2 is 2.20 bits per heavy atom. The number of thioether (sulfide) groups is 1. The number of carbonyl (C=O) groups is 1. The van der Waals surface area contributed by atoms with Crippen LogP contribution in [0.4, 0.5) is 5.13 Å². The molecule has 0 atom stereocenters. The van der Waals surface area contributed by atoms with Gasteiger partial charge in [0.15, 0.2) is 16.7 Å². The zero-order valence-corrected chi connectivity index (χ0v) is 15.7. The second-order valence-electron chi connectivity index (χ2n) is 5.75. The number of furan rings is 1. The normalized spacial score (nSPS) is 11.2. The van der Waals surface area contributed by atoms with Crippen molar-refractivity contribution in [3.05, 3.63) is 23.4 Å². The van der Waals surface area contributed by atoms with Gasteiger partial charge in [-0.2, -0.15) is 0 Å². The molecular weight excluding hydrogens is 360 g/mol. The van der Waals surface area contributed by atoms with E-state index < -0.39 is 0 Å². The second-order valence-corrected chi connectivity index (χ2v) is 7.88. The fourth-order valence-electron chi connectivity index (χ4n) is 2.15. The maximum atomic E-state index is 12.1. The van der Waals surface area contributed by atoms with Crippen molar-refractivity contribution < 1.29 is 9.21 Å². The van der Waals surface area contributed by atoms with Crippen LogP contribution >= 0.6 is 23.1 Å². The van der Waals surface area contributed by atoms with Crippen molar-refractivity contribution in [1.82, 2.24) is 25.0 Å². The van der Waals surface area contributed by atoms with Gasteiger partial charge in [0.25, 0.3) is 0 Å². The van der Waals surface area contributed by atoms with Gasteiger partial charge < -0.3 is 4.42 Å². The summed E-state index contributed by atoms with van der Waals surface area (Å²) in [5, 5.41) is 20.9. The molecule has 0 bridgehead atoms. The third-order valence-electron chi connectivity index (χ3n) is 3.11. The highest BCUT2D eigenvalue weighted by atomic mass is 32.2. The zero-order valence-electron chi connectivity index (χ0n) is 14.1. The molecule has 10 heteroatoms. The van der Waals surface area contributed by atoms with E-state index in [-0.39, 0.29) is 11.7 Å². The summed E-state index contributed by atoms with van der Waals surface area (Å²) in [7, 11) is 0. The molecule has 3 heterocycles. The van der Waals surface area contributed by atoms with Gasteiger partial charge in [0.05, 0.1) is 12.0 Å². The third kappa shape index (κ3) is 4.45. The Morgan fingerprint density at radius 1 is 1.36 bits per heavy atom. The average molecular weight is 378 g/mol. The maximum Gasteiger partial charge on any atom is 0.236 e. The number of carbonyl (C=O) groups excluding carboxylic acids is 1. The molecule has 0 saturated carbocycles. The smallest absolute Gasteiger partial charge is 0.236 e. The highest BCUT2D eigenvalue weighted by Crippen LogP contribution is 2.25. The predicted octanol–water partition coefficient (Wildman–Crippen LogP) is 3.08. The van der Waals surface area contributed by atoms with E-state index in [0.29, 0.717) is 27.8 Å². The molecule has 0 fully saturated rings. The quantitative estimate of drug-likeness (QED) is 0.631. The first-order chi connectivity index (χ1) is 12.0. The van der Waals surface area contributed by atoms with E-state index >= 15 is 0 Å². The summed E-state index contributed by atoms with van der Waals surface area (Å²) >= 11 is 2.68. The van der Waals surface area contributed by atoms with Crippen molar-refractivity contribution in [2.24, 2.45) is 5.92 Å². The lowest BCUT2D eigenvalue weighted by Crippen LogP contribution is -2.15. The minimum absolute atomic E-state index is 0.153. The van der Waals surface area contributed by atoms with Crippen LogP contribution in [0.2, 0.25) is 0 Å².